The van der Waals surface area contributed by atoms with Gasteiger partial charge in [-0.2, -0.15) is 0 Å². The summed E-state index contributed by atoms with van der Waals surface area (Å²) in [6.45, 7) is 4.93. The third-order valence-corrected chi connectivity index (χ3v) is 4.25. The molecule has 0 fully saturated rings. The minimum atomic E-state index is 0.845. The lowest BCUT2D eigenvalue weighted by Crippen LogP contribution is -2.07. The van der Waals surface area contributed by atoms with E-state index >= 15 is 0 Å². The first-order chi connectivity index (χ1) is 8.16. The van der Waals surface area contributed by atoms with Gasteiger partial charge in [-0.25, -0.2) is 9.97 Å². The van der Waals surface area contributed by atoms with Crippen LogP contribution in [-0.2, 0) is 6.42 Å². The molecular weight excluding hydrogens is 298 g/mol. The summed E-state index contributed by atoms with van der Waals surface area (Å²) in [4.78, 5) is 8.73. The summed E-state index contributed by atoms with van der Waals surface area (Å²) in [6, 6.07) is 1.99. The highest BCUT2D eigenvalue weighted by molar-refractivity contribution is 9.10. The third kappa shape index (κ3) is 3.26. The second-order valence-electron chi connectivity index (χ2n) is 3.83. The van der Waals surface area contributed by atoms with Crippen molar-refractivity contribution >= 4 is 33.1 Å². The Morgan fingerprint density at radius 3 is 2.94 bits per heavy atom. The first kappa shape index (κ1) is 12.5. The molecule has 0 atom stereocenters. The third-order valence-electron chi connectivity index (χ3n) is 2.42. The van der Waals surface area contributed by atoms with Crippen molar-refractivity contribution in [1.29, 1.82) is 0 Å². The fourth-order valence-electron chi connectivity index (χ4n) is 1.50. The molecule has 0 bridgehead atoms. The standard InChI is InChI=1S/C12H14BrN3S/c1-8-3-5-14-12(11(8)13)15-6-4-10-7-17-9(2)16-10/h3,5,7H,4,6H2,1-2H3,(H,14,15). The predicted molar refractivity (Wildman–Crippen MR) is 75.7 cm³/mol. The average Bonchev–Trinajstić information content (AvgIpc) is 2.70. The van der Waals surface area contributed by atoms with Crippen LogP contribution in [0.2, 0.25) is 0 Å². The lowest BCUT2D eigenvalue weighted by Gasteiger charge is -2.07. The molecule has 1 N–H and O–H groups in total. The fourth-order valence-corrected chi connectivity index (χ4v) is 2.52. The number of hydrogen-bond acceptors (Lipinski definition) is 4. The van der Waals surface area contributed by atoms with Crippen LogP contribution in [-0.4, -0.2) is 16.5 Å². The van der Waals surface area contributed by atoms with Gasteiger partial charge < -0.3 is 5.32 Å². The zero-order chi connectivity index (χ0) is 12.3. The maximum atomic E-state index is 4.43. The Labute approximate surface area is 113 Å². The summed E-state index contributed by atoms with van der Waals surface area (Å²) in [5.74, 6) is 0.900. The number of anilines is 1. The first-order valence-corrected chi connectivity index (χ1v) is 7.10. The van der Waals surface area contributed by atoms with Crippen molar-refractivity contribution in [2.75, 3.05) is 11.9 Å². The summed E-state index contributed by atoms with van der Waals surface area (Å²) < 4.78 is 1.04. The van der Waals surface area contributed by atoms with Crippen molar-refractivity contribution in [2.45, 2.75) is 20.3 Å². The Balaban J connectivity index is 1.92. The van der Waals surface area contributed by atoms with Crippen LogP contribution in [0.3, 0.4) is 0 Å². The fraction of sp³-hybridized carbons (Fsp3) is 0.333. The Kier molecular flexibility index (Phi) is 4.12. The molecule has 0 radical (unpaired) electrons. The van der Waals surface area contributed by atoms with Gasteiger partial charge in [0, 0.05) is 24.5 Å². The molecule has 2 heterocycles. The molecule has 0 aliphatic rings. The number of nitrogens with zero attached hydrogens (tertiary/aromatic N) is 2. The number of aryl methyl sites for hydroxylation is 2. The van der Waals surface area contributed by atoms with Gasteiger partial charge in [0.05, 0.1) is 15.2 Å². The SMILES string of the molecule is Cc1nc(CCNc2nccc(C)c2Br)cs1. The van der Waals surface area contributed by atoms with Gasteiger partial charge in [0.15, 0.2) is 0 Å². The number of halogens is 1. The minimum absolute atomic E-state index is 0.845. The van der Waals surface area contributed by atoms with E-state index in [1.807, 2.05) is 19.2 Å². The van der Waals surface area contributed by atoms with E-state index in [-0.39, 0.29) is 0 Å². The first-order valence-electron chi connectivity index (χ1n) is 5.43. The van der Waals surface area contributed by atoms with Crippen LogP contribution < -0.4 is 5.32 Å². The van der Waals surface area contributed by atoms with E-state index in [1.165, 1.54) is 5.56 Å². The molecule has 0 amide bonds. The Bertz CT molecular complexity index is 510. The summed E-state index contributed by atoms with van der Waals surface area (Å²) in [7, 11) is 0. The zero-order valence-electron chi connectivity index (χ0n) is 9.83. The summed E-state index contributed by atoms with van der Waals surface area (Å²) in [6.07, 6.45) is 2.74. The largest absolute Gasteiger partial charge is 0.369 e. The monoisotopic (exact) mass is 311 g/mol. The van der Waals surface area contributed by atoms with Gasteiger partial charge in [0.1, 0.15) is 5.82 Å². The minimum Gasteiger partial charge on any atom is -0.369 e. The van der Waals surface area contributed by atoms with Gasteiger partial charge >= 0.3 is 0 Å². The van der Waals surface area contributed by atoms with E-state index in [1.54, 1.807) is 11.3 Å². The molecule has 17 heavy (non-hydrogen) atoms. The van der Waals surface area contributed by atoms with Crippen LogP contribution in [0.4, 0.5) is 5.82 Å². The van der Waals surface area contributed by atoms with Crippen molar-refractivity contribution in [2.24, 2.45) is 0 Å². The normalized spacial score (nSPS) is 10.5. The van der Waals surface area contributed by atoms with Crippen molar-refractivity contribution in [3.05, 3.63) is 38.4 Å². The van der Waals surface area contributed by atoms with Crippen LogP contribution in [0, 0.1) is 13.8 Å². The van der Waals surface area contributed by atoms with Gasteiger partial charge in [-0.3, -0.25) is 0 Å². The molecule has 0 aromatic carbocycles. The van der Waals surface area contributed by atoms with E-state index in [9.17, 15) is 0 Å². The smallest absolute Gasteiger partial charge is 0.140 e. The molecule has 0 saturated carbocycles. The summed E-state index contributed by atoms with van der Waals surface area (Å²) in [5, 5.41) is 6.55. The molecule has 2 aromatic rings. The van der Waals surface area contributed by atoms with Crippen LogP contribution in [0.1, 0.15) is 16.3 Å². The quantitative estimate of drug-likeness (QED) is 0.938. The molecular formula is C12H14BrN3S. The topological polar surface area (TPSA) is 37.8 Å². The average molecular weight is 312 g/mol. The molecule has 90 valence electrons. The summed E-state index contributed by atoms with van der Waals surface area (Å²) >= 11 is 5.22. The van der Waals surface area contributed by atoms with Crippen LogP contribution >= 0.6 is 27.3 Å². The van der Waals surface area contributed by atoms with Crippen LogP contribution in [0.25, 0.3) is 0 Å². The second kappa shape index (κ2) is 5.60. The van der Waals surface area contributed by atoms with Gasteiger partial charge in [0.25, 0.3) is 0 Å². The van der Waals surface area contributed by atoms with Gasteiger partial charge in [-0.05, 0) is 41.4 Å². The highest BCUT2D eigenvalue weighted by atomic mass is 79.9. The maximum Gasteiger partial charge on any atom is 0.140 e. The zero-order valence-corrected chi connectivity index (χ0v) is 12.2. The van der Waals surface area contributed by atoms with Gasteiger partial charge in [-0.15, -0.1) is 11.3 Å². The highest BCUT2D eigenvalue weighted by Gasteiger charge is 2.03. The van der Waals surface area contributed by atoms with Crippen molar-refractivity contribution in [3.8, 4) is 0 Å². The second-order valence-corrected chi connectivity index (χ2v) is 5.68. The number of aromatic nitrogens is 2. The number of pyridine rings is 1. The predicted octanol–water partition coefficient (Wildman–Crippen LogP) is 3.57. The molecule has 5 heteroatoms. The molecule has 0 spiro atoms. The van der Waals surface area contributed by atoms with E-state index in [4.69, 9.17) is 0 Å². The maximum absolute atomic E-state index is 4.43. The Morgan fingerprint density at radius 2 is 2.24 bits per heavy atom. The number of nitrogens with one attached hydrogen (secondary N) is 1. The Morgan fingerprint density at radius 1 is 1.41 bits per heavy atom. The molecule has 0 unspecified atom stereocenters. The number of hydrogen-bond donors (Lipinski definition) is 1. The molecule has 0 saturated heterocycles. The molecule has 3 nitrogen and oxygen atoms in total. The molecule has 2 aromatic heterocycles. The van der Waals surface area contributed by atoms with Crippen molar-refractivity contribution < 1.29 is 0 Å². The van der Waals surface area contributed by atoms with Crippen molar-refractivity contribution in [3.63, 3.8) is 0 Å². The van der Waals surface area contributed by atoms with E-state index < -0.39 is 0 Å². The van der Waals surface area contributed by atoms with E-state index in [0.29, 0.717) is 0 Å². The van der Waals surface area contributed by atoms with Crippen LogP contribution in [0.15, 0.2) is 22.1 Å². The Hall–Kier alpha value is -0.940. The molecule has 2 rings (SSSR count). The van der Waals surface area contributed by atoms with Crippen molar-refractivity contribution in [1.82, 2.24) is 9.97 Å². The summed E-state index contributed by atoms with van der Waals surface area (Å²) in [5.41, 5.74) is 2.33. The lowest BCUT2D eigenvalue weighted by atomic mass is 10.3. The van der Waals surface area contributed by atoms with Gasteiger partial charge in [-0.1, -0.05) is 0 Å². The van der Waals surface area contributed by atoms with Gasteiger partial charge in [0.2, 0.25) is 0 Å². The van der Waals surface area contributed by atoms with E-state index in [0.717, 1.165) is 34.0 Å². The molecule has 0 aliphatic heterocycles. The van der Waals surface area contributed by atoms with Crippen LogP contribution in [0.5, 0.6) is 0 Å². The lowest BCUT2D eigenvalue weighted by molar-refractivity contribution is 0.958. The van der Waals surface area contributed by atoms with E-state index in [2.05, 4.69) is 43.5 Å². The number of thiazole rings is 1. The highest BCUT2D eigenvalue weighted by Crippen LogP contribution is 2.23. The number of rotatable bonds is 4. The molecule has 0 aliphatic carbocycles.